The zero-order chi connectivity index (χ0) is 14.5. The summed E-state index contributed by atoms with van der Waals surface area (Å²) in [7, 11) is 2.07. The number of hydrogen-bond acceptors (Lipinski definition) is 4. The Kier molecular flexibility index (Phi) is 4.56. The van der Waals surface area contributed by atoms with Gasteiger partial charge in [-0.15, -0.1) is 0 Å². The van der Waals surface area contributed by atoms with Gasteiger partial charge < -0.3 is 10.2 Å². The topological polar surface area (TPSA) is 41.1 Å². The third-order valence-corrected chi connectivity index (χ3v) is 3.20. The molecule has 20 heavy (non-hydrogen) atoms. The Labute approximate surface area is 120 Å². The maximum absolute atomic E-state index is 4.59. The van der Waals surface area contributed by atoms with E-state index in [2.05, 4.69) is 65.3 Å². The monoisotopic (exact) mass is 270 g/mol. The lowest BCUT2D eigenvalue weighted by Gasteiger charge is -2.22. The Hall–Kier alpha value is -2.10. The summed E-state index contributed by atoms with van der Waals surface area (Å²) in [5, 5.41) is 3.30. The van der Waals surface area contributed by atoms with Crippen LogP contribution in [0.4, 0.5) is 11.6 Å². The van der Waals surface area contributed by atoms with Crippen molar-refractivity contribution in [3.63, 3.8) is 0 Å². The van der Waals surface area contributed by atoms with Gasteiger partial charge in [0.2, 0.25) is 0 Å². The molecule has 4 heteroatoms. The predicted molar refractivity (Wildman–Crippen MR) is 84.2 cm³/mol. The number of aryl methyl sites for hydroxylation is 1. The normalized spacial score (nSPS) is 10.4. The Balaban J connectivity index is 2.27. The van der Waals surface area contributed by atoms with Gasteiger partial charge in [0.15, 0.2) is 0 Å². The molecule has 106 valence electrons. The zero-order valence-corrected chi connectivity index (χ0v) is 12.6. The van der Waals surface area contributed by atoms with Crippen LogP contribution in [-0.2, 0) is 6.54 Å². The Bertz CT molecular complexity index is 566. The first kappa shape index (κ1) is 14.3. The molecule has 1 N–H and O–H groups in total. The molecule has 0 aliphatic carbocycles. The first-order valence-corrected chi connectivity index (χ1v) is 6.96. The van der Waals surface area contributed by atoms with Gasteiger partial charge in [-0.05, 0) is 26.3 Å². The van der Waals surface area contributed by atoms with Crippen molar-refractivity contribution >= 4 is 11.6 Å². The van der Waals surface area contributed by atoms with E-state index < -0.39 is 0 Å². The van der Waals surface area contributed by atoms with Gasteiger partial charge in [-0.25, -0.2) is 9.97 Å². The molecule has 0 aliphatic heterocycles. The van der Waals surface area contributed by atoms with Crippen molar-refractivity contribution in [2.75, 3.05) is 23.8 Å². The van der Waals surface area contributed by atoms with E-state index in [0.29, 0.717) is 0 Å². The summed E-state index contributed by atoms with van der Waals surface area (Å²) in [6, 6.07) is 10.4. The summed E-state index contributed by atoms with van der Waals surface area (Å²) in [6.07, 6.45) is 0. The quantitative estimate of drug-likeness (QED) is 0.906. The van der Waals surface area contributed by atoms with Crippen molar-refractivity contribution in [1.29, 1.82) is 0 Å². The van der Waals surface area contributed by atoms with Crippen LogP contribution in [0.15, 0.2) is 30.3 Å². The fourth-order valence-electron chi connectivity index (χ4n) is 2.26. The smallest absolute Gasteiger partial charge is 0.137 e. The second-order valence-electron chi connectivity index (χ2n) is 4.94. The van der Waals surface area contributed by atoms with Gasteiger partial charge in [-0.3, -0.25) is 0 Å². The maximum Gasteiger partial charge on any atom is 0.137 e. The zero-order valence-electron chi connectivity index (χ0n) is 12.6. The Morgan fingerprint density at radius 1 is 1.10 bits per heavy atom. The molecule has 0 spiro atoms. The van der Waals surface area contributed by atoms with Crippen molar-refractivity contribution in [3.8, 4) is 0 Å². The van der Waals surface area contributed by atoms with Crippen molar-refractivity contribution in [1.82, 2.24) is 9.97 Å². The first-order chi connectivity index (χ1) is 9.61. The van der Waals surface area contributed by atoms with E-state index in [0.717, 1.165) is 36.1 Å². The maximum atomic E-state index is 4.59. The summed E-state index contributed by atoms with van der Waals surface area (Å²) in [5.74, 6) is 2.70. The SMILES string of the molecule is CCNc1nc(C)nc(N(C)Cc2ccccc2)c1C. The minimum atomic E-state index is 0.793. The second kappa shape index (κ2) is 6.37. The molecule has 0 amide bonds. The van der Waals surface area contributed by atoms with Crippen LogP contribution in [0.25, 0.3) is 0 Å². The lowest BCUT2D eigenvalue weighted by atomic mass is 10.2. The van der Waals surface area contributed by atoms with Crippen molar-refractivity contribution in [3.05, 3.63) is 47.3 Å². The molecule has 2 rings (SSSR count). The number of rotatable bonds is 5. The average Bonchev–Trinajstić information content (AvgIpc) is 2.43. The molecule has 0 unspecified atom stereocenters. The molecule has 0 fully saturated rings. The average molecular weight is 270 g/mol. The second-order valence-corrected chi connectivity index (χ2v) is 4.94. The van der Waals surface area contributed by atoms with Crippen LogP contribution in [0.5, 0.6) is 0 Å². The van der Waals surface area contributed by atoms with Crippen molar-refractivity contribution < 1.29 is 0 Å². The van der Waals surface area contributed by atoms with Crippen LogP contribution < -0.4 is 10.2 Å². The molecule has 0 radical (unpaired) electrons. The molecular formula is C16H22N4. The van der Waals surface area contributed by atoms with Gasteiger partial charge >= 0.3 is 0 Å². The number of nitrogens with one attached hydrogen (secondary N) is 1. The number of aromatic nitrogens is 2. The van der Waals surface area contributed by atoms with E-state index in [1.165, 1.54) is 5.56 Å². The van der Waals surface area contributed by atoms with Crippen LogP contribution in [0, 0.1) is 13.8 Å². The Morgan fingerprint density at radius 3 is 2.45 bits per heavy atom. The van der Waals surface area contributed by atoms with Crippen LogP contribution in [0.2, 0.25) is 0 Å². The standard InChI is InChI=1S/C16H22N4/c1-5-17-15-12(2)16(19-13(3)18-15)20(4)11-14-9-7-6-8-10-14/h6-10H,5,11H2,1-4H3,(H,17,18,19). The van der Waals surface area contributed by atoms with E-state index in [1.807, 2.05) is 13.0 Å². The van der Waals surface area contributed by atoms with Crippen LogP contribution >= 0.6 is 0 Å². The molecule has 0 atom stereocenters. The summed E-state index contributed by atoms with van der Waals surface area (Å²) >= 11 is 0. The van der Waals surface area contributed by atoms with Gasteiger partial charge in [0.05, 0.1) is 0 Å². The summed E-state index contributed by atoms with van der Waals surface area (Å²) < 4.78 is 0. The van der Waals surface area contributed by atoms with Gasteiger partial charge in [-0.2, -0.15) is 0 Å². The van der Waals surface area contributed by atoms with E-state index in [4.69, 9.17) is 0 Å². The number of benzene rings is 1. The molecule has 1 heterocycles. The highest BCUT2D eigenvalue weighted by molar-refractivity contribution is 5.58. The highest BCUT2D eigenvalue weighted by Gasteiger charge is 2.12. The summed E-state index contributed by atoms with van der Waals surface area (Å²) in [5.41, 5.74) is 2.37. The fraction of sp³-hybridized carbons (Fsp3) is 0.375. The molecule has 1 aromatic carbocycles. The van der Waals surface area contributed by atoms with Crippen LogP contribution in [0.3, 0.4) is 0 Å². The molecule has 2 aromatic rings. The number of hydrogen-bond donors (Lipinski definition) is 1. The largest absolute Gasteiger partial charge is 0.370 e. The summed E-state index contributed by atoms with van der Waals surface area (Å²) in [4.78, 5) is 11.2. The molecule has 4 nitrogen and oxygen atoms in total. The van der Waals surface area contributed by atoms with Gasteiger partial charge in [0.1, 0.15) is 17.5 Å². The van der Waals surface area contributed by atoms with Gasteiger partial charge in [0, 0.05) is 25.7 Å². The van der Waals surface area contributed by atoms with Crippen molar-refractivity contribution in [2.24, 2.45) is 0 Å². The highest BCUT2D eigenvalue weighted by atomic mass is 15.2. The molecule has 1 aromatic heterocycles. The highest BCUT2D eigenvalue weighted by Crippen LogP contribution is 2.23. The number of nitrogens with zero attached hydrogens (tertiary/aromatic N) is 3. The third-order valence-electron chi connectivity index (χ3n) is 3.20. The fourth-order valence-corrected chi connectivity index (χ4v) is 2.26. The molecule has 0 aliphatic rings. The van der Waals surface area contributed by atoms with E-state index in [-0.39, 0.29) is 0 Å². The van der Waals surface area contributed by atoms with Crippen molar-refractivity contribution in [2.45, 2.75) is 27.3 Å². The molecule has 0 saturated heterocycles. The third kappa shape index (κ3) is 3.26. The number of anilines is 2. The van der Waals surface area contributed by atoms with E-state index >= 15 is 0 Å². The van der Waals surface area contributed by atoms with Gasteiger partial charge in [-0.1, -0.05) is 30.3 Å². The first-order valence-electron chi connectivity index (χ1n) is 6.96. The minimum absolute atomic E-state index is 0.793. The Morgan fingerprint density at radius 2 is 1.80 bits per heavy atom. The molecule has 0 saturated carbocycles. The predicted octanol–water partition coefficient (Wildman–Crippen LogP) is 3.16. The van der Waals surface area contributed by atoms with Crippen LogP contribution in [-0.4, -0.2) is 23.6 Å². The van der Waals surface area contributed by atoms with Crippen LogP contribution in [0.1, 0.15) is 23.9 Å². The van der Waals surface area contributed by atoms with Gasteiger partial charge in [0.25, 0.3) is 0 Å². The van der Waals surface area contributed by atoms with E-state index in [9.17, 15) is 0 Å². The lowest BCUT2D eigenvalue weighted by molar-refractivity contribution is 0.869. The minimum Gasteiger partial charge on any atom is -0.370 e. The summed E-state index contributed by atoms with van der Waals surface area (Å²) in [6.45, 7) is 7.77. The van der Waals surface area contributed by atoms with E-state index in [1.54, 1.807) is 0 Å². The molecular weight excluding hydrogens is 248 g/mol. The molecule has 0 bridgehead atoms. The lowest BCUT2D eigenvalue weighted by Crippen LogP contribution is -2.20.